The Morgan fingerprint density at radius 2 is 2.54 bits per heavy atom. The number of carbonyl (C=O) groups is 1. The molecule has 1 amide bonds. The smallest absolute Gasteiger partial charge is 0.271 e. The van der Waals surface area contributed by atoms with Crippen LogP contribution < -0.4 is 16.0 Å². The van der Waals surface area contributed by atoms with Gasteiger partial charge in [0.25, 0.3) is 5.91 Å². The third-order valence-electron chi connectivity index (χ3n) is 1.24. The first-order valence-electron chi connectivity index (χ1n) is 3.36. The van der Waals surface area contributed by atoms with Gasteiger partial charge in [0.05, 0.1) is 0 Å². The molecule has 13 heavy (non-hydrogen) atoms. The summed E-state index contributed by atoms with van der Waals surface area (Å²) in [6.45, 7) is -0.206. The van der Waals surface area contributed by atoms with E-state index in [1.807, 2.05) is 5.43 Å². The zero-order valence-corrected chi connectivity index (χ0v) is 7.39. The number of hydrazine groups is 1. The highest BCUT2D eigenvalue weighted by Gasteiger charge is 2.06. The number of rotatable bonds is 4. The molecule has 3 N–H and O–H groups in total. The molecule has 1 rings (SSSR count). The molecule has 0 atom stereocenters. The molecule has 0 aliphatic carbocycles. The second-order valence-corrected chi connectivity index (χ2v) is 2.99. The van der Waals surface area contributed by atoms with Gasteiger partial charge in [0.2, 0.25) is 6.29 Å². The van der Waals surface area contributed by atoms with Gasteiger partial charge in [0.1, 0.15) is 10.6 Å². The lowest BCUT2D eigenvalue weighted by Crippen LogP contribution is -2.34. The van der Waals surface area contributed by atoms with E-state index in [4.69, 9.17) is 10.6 Å². The van der Waals surface area contributed by atoms with E-state index in [1.54, 1.807) is 17.7 Å². The van der Waals surface area contributed by atoms with Gasteiger partial charge in [-0.05, 0) is 11.4 Å². The fraction of sp³-hybridized carbons (Fsp3) is 0.143. The number of nitrogens with two attached hydrogens (primary N) is 1. The van der Waals surface area contributed by atoms with Crippen LogP contribution in [0.15, 0.2) is 11.4 Å². The molecule has 0 aromatic carbocycles. The van der Waals surface area contributed by atoms with Crippen LogP contribution in [0.25, 0.3) is 0 Å². The summed E-state index contributed by atoms with van der Waals surface area (Å²) in [5, 5.41) is 1.68. The van der Waals surface area contributed by atoms with Gasteiger partial charge in [-0.25, -0.2) is 5.84 Å². The minimum absolute atomic E-state index is 0.206. The number of amides is 1. The van der Waals surface area contributed by atoms with Crippen LogP contribution in [0.5, 0.6) is 5.75 Å². The van der Waals surface area contributed by atoms with Crippen LogP contribution in [0.2, 0.25) is 0 Å². The van der Waals surface area contributed by atoms with Crippen LogP contribution in [-0.2, 0) is 9.59 Å². The Bertz CT molecular complexity index is 310. The summed E-state index contributed by atoms with van der Waals surface area (Å²) >= 11 is 1.20. The lowest BCUT2D eigenvalue weighted by Gasteiger charge is -2.02. The summed E-state index contributed by atoms with van der Waals surface area (Å²) in [6, 6.07) is 1.59. The van der Waals surface area contributed by atoms with Gasteiger partial charge in [0, 0.05) is 0 Å². The Morgan fingerprint density at radius 1 is 1.77 bits per heavy atom. The largest absolute Gasteiger partial charge is 0.482 e. The van der Waals surface area contributed by atoms with E-state index in [2.05, 4.69) is 0 Å². The lowest BCUT2D eigenvalue weighted by atomic mass is 10.4. The minimum atomic E-state index is -0.456. The van der Waals surface area contributed by atoms with Crippen molar-refractivity contribution in [2.45, 2.75) is 0 Å². The molecular formula is C7H7N2O3S. The zero-order chi connectivity index (χ0) is 9.68. The second kappa shape index (κ2) is 4.58. The van der Waals surface area contributed by atoms with Gasteiger partial charge >= 0.3 is 0 Å². The third kappa shape index (κ3) is 2.53. The van der Waals surface area contributed by atoms with Gasteiger partial charge in [-0.1, -0.05) is 0 Å². The molecule has 1 aromatic heterocycles. The number of nitrogens with one attached hydrogen (secondary N) is 1. The van der Waals surface area contributed by atoms with Crippen LogP contribution in [0.3, 0.4) is 0 Å². The average molecular weight is 199 g/mol. The highest BCUT2D eigenvalue weighted by atomic mass is 32.1. The van der Waals surface area contributed by atoms with Crippen LogP contribution >= 0.6 is 11.3 Å². The Kier molecular flexibility index (Phi) is 3.41. The molecule has 1 heterocycles. The molecular weight excluding hydrogens is 192 g/mol. The monoisotopic (exact) mass is 199 g/mol. The quantitative estimate of drug-likeness (QED) is 0.392. The first kappa shape index (κ1) is 9.69. The molecule has 1 radical (unpaired) electrons. The lowest BCUT2D eigenvalue weighted by molar-refractivity contribution is -0.123. The van der Waals surface area contributed by atoms with Crippen molar-refractivity contribution in [1.82, 2.24) is 5.43 Å². The predicted molar refractivity (Wildman–Crippen MR) is 46.9 cm³/mol. The summed E-state index contributed by atoms with van der Waals surface area (Å²) in [4.78, 5) is 21.3. The van der Waals surface area contributed by atoms with E-state index in [9.17, 15) is 9.59 Å². The minimum Gasteiger partial charge on any atom is -0.482 e. The van der Waals surface area contributed by atoms with Gasteiger partial charge in [-0.15, -0.1) is 11.3 Å². The maximum Gasteiger partial charge on any atom is 0.271 e. The maximum atomic E-state index is 10.7. The molecule has 0 bridgehead atoms. The number of ether oxygens (including phenoxy) is 1. The number of hydrogen-bond acceptors (Lipinski definition) is 5. The van der Waals surface area contributed by atoms with Crippen LogP contribution in [-0.4, -0.2) is 18.8 Å². The molecule has 0 unspecified atom stereocenters. The van der Waals surface area contributed by atoms with Crippen LogP contribution in [0, 0.1) is 0 Å². The van der Waals surface area contributed by atoms with E-state index < -0.39 is 5.91 Å². The fourth-order valence-electron chi connectivity index (χ4n) is 0.671. The Labute approximate surface area is 78.5 Å². The van der Waals surface area contributed by atoms with Gasteiger partial charge < -0.3 is 4.74 Å². The van der Waals surface area contributed by atoms with Crippen molar-refractivity contribution >= 4 is 23.5 Å². The van der Waals surface area contributed by atoms with Crippen LogP contribution in [0.4, 0.5) is 0 Å². The van der Waals surface area contributed by atoms with Crippen molar-refractivity contribution in [3.05, 3.63) is 16.3 Å². The fourth-order valence-corrected chi connectivity index (χ4v) is 1.29. The molecule has 0 aliphatic rings. The third-order valence-corrected chi connectivity index (χ3v) is 2.03. The molecule has 6 heteroatoms. The predicted octanol–water partition coefficient (Wildman–Crippen LogP) is -0.425. The molecule has 0 saturated carbocycles. The van der Waals surface area contributed by atoms with Crippen molar-refractivity contribution in [2.75, 3.05) is 6.61 Å². The van der Waals surface area contributed by atoms with E-state index in [1.165, 1.54) is 11.3 Å². The highest BCUT2D eigenvalue weighted by Crippen LogP contribution is 2.22. The van der Waals surface area contributed by atoms with E-state index in [0.29, 0.717) is 10.6 Å². The molecule has 1 aromatic rings. The zero-order valence-electron chi connectivity index (χ0n) is 6.57. The number of thiophene rings is 1. The molecule has 69 valence electrons. The Morgan fingerprint density at radius 3 is 3.15 bits per heavy atom. The van der Waals surface area contributed by atoms with E-state index >= 15 is 0 Å². The Balaban J connectivity index is 2.53. The highest BCUT2D eigenvalue weighted by molar-refractivity contribution is 7.12. The maximum absolute atomic E-state index is 10.7. The van der Waals surface area contributed by atoms with E-state index in [-0.39, 0.29) is 6.61 Å². The van der Waals surface area contributed by atoms with Gasteiger partial charge in [-0.2, -0.15) is 0 Å². The molecule has 0 saturated heterocycles. The van der Waals surface area contributed by atoms with Crippen molar-refractivity contribution in [3.63, 3.8) is 0 Å². The molecule has 0 fully saturated rings. The van der Waals surface area contributed by atoms with Crippen molar-refractivity contribution < 1.29 is 14.3 Å². The SMILES string of the molecule is NNC(=O)COc1ccsc1[C]=O. The molecule has 0 aliphatic heterocycles. The molecule has 0 spiro atoms. The summed E-state index contributed by atoms with van der Waals surface area (Å²) in [6.07, 6.45) is 1.70. The van der Waals surface area contributed by atoms with Crippen LogP contribution in [0.1, 0.15) is 4.88 Å². The first-order valence-corrected chi connectivity index (χ1v) is 4.23. The summed E-state index contributed by atoms with van der Waals surface area (Å²) in [5.41, 5.74) is 1.91. The summed E-state index contributed by atoms with van der Waals surface area (Å²) < 4.78 is 4.98. The second-order valence-electron chi connectivity index (χ2n) is 2.07. The Hall–Kier alpha value is -1.40. The normalized spacial score (nSPS) is 9.31. The number of hydrogen-bond donors (Lipinski definition) is 2. The average Bonchev–Trinajstić information content (AvgIpc) is 2.61. The van der Waals surface area contributed by atoms with Gasteiger partial charge in [0.15, 0.2) is 6.61 Å². The van der Waals surface area contributed by atoms with Crippen molar-refractivity contribution in [1.29, 1.82) is 0 Å². The number of carbonyl (C=O) groups excluding carboxylic acids is 2. The topological polar surface area (TPSA) is 81.4 Å². The summed E-state index contributed by atoms with van der Waals surface area (Å²) in [5.74, 6) is 4.72. The summed E-state index contributed by atoms with van der Waals surface area (Å²) in [7, 11) is 0. The van der Waals surface area contributed by atoms with Crippen molar-refractivity contribution in [2.24, 2.45) is 5.84 Å². The van der Waals surface area contributed by atoms with Gasteiger partial charge in [-0.3, -0.25) is 15.0 Å². The first-order chi connectivity index (χ1) is 6.27. The van der Waals surface area contributed by atoms with Crippen molar-refractivity contribution in [3.8, 4) is 5.75 Å². The molecule has 5 nitrogen and oxygen atoms in total. The van der Waals surface area contributed by atoms with E-state index in [0.717, 1.165) is 0 Å². The standard InChI is InChI=1S/C7H7N2O3S/c8-9-7(11)4-12-5-1-2-13-6(5)3-10/h1-2H,4,8H2,(H,9,11).